The van der Waals surface area contributed by atoms with Crippen LogP contribution in [0.5, 0.6) is 0 Å². The molecule has 1 aliphatic rings. The Morgan fingerprint density at radius 1 is 1.24 bits per heavy atom. The topological polar surface area (TPSA) is 49.5 Å². The molecule has 0 aromatic rings. The van der Waals surface area contributed by atoms with E-state index in [9.17, 15) is 18.3 Å². The Hall–Kier alpha value is -0.330. The van der Waals surface area contributed by atoms with Crippen LogP contribution in [0.4, 0.5) is 13.2 Å². The van der Waals surface area contributed by atoms with Crippen LogP contribution in [0.25, 0.3) is 0 Å². The average molecular weight is 254 g/mol. The maximum absolute atomic E-state index is 12.8. The fraction of sp³-hybridized carbons (Fsp3) is 1.00. The summed E-state index contributed by atoms with van der Waals surface area (Å²) in [6.45, 7) is 3.77. The predicted octanol–water partition coefficient (Wildman–Crippen LogP) is 1.36. The van der Waals surface area contributed by atoms with E-state index in [1.54, 1.807) is 6.92 Å². The van der Waals surface area contributed by atoms with Crippen molar-refractivity contribution in [1.29, 1.82) is 0 Å². The van der Waals surface area contributed by atoms with Crippen LogP contribution in [0, 0.1) is 5.92 Å². The van der Waals surface area contributed by atoms with Gasteiger partial charge in [0.05, 0.1) is 6.10 Å². The van der Waals surface area contributed by atoms with E-state index in [1.165, 1.54) is 11.8 Å². The monoisotopic (exact) mass is 254 g/mol. The molecule has 0 saturated carbocycles. The molecule has 1 fully saturated rings. The SMILES string of the molecule is CC(N)C(N1CCC(C(C)O)CC1)C(F)(F)F. The zero-order valence-electron chi connectivity index (χ0n) is 10.2. The van der Waals surface area contributed by atoms with Crippen molar-refractivity contribution in [1.82, 2.24) is 4.90 Å². The summed E-state index contributed by atoms with van der Waals surface area (Å²) in [6, 6.07) is -2.50. The lowest BCUT2D eigenvalue weighted by Crippen LogP contribution is -2.57. The first kappa shape index (κ1) is 14.7. The van der Waals surface area contributed by atoms with Crippen LogP contribution >= 0.6 is 0 Å². The minimum Gasteiger partial charge on any atom is -0.393 e. The van der Waals surface area contributed by atoms with Crippen LogP contribution in [-0.4, -0.2) is 47.5 Å². The molecule has 0 radical (unpaired) electrons. The number of hydrogen-bond acceptors (Lipinski definition) is 3. The quantitative estimate of drug-likeness (QED) is 0.799. The summed E-state index contributed by atoms with van der Waals surface area (Å²) in [4.78, 5) is 1.39. The van der Waals surface area contributed by atoms with Gasteiger partial charge < -0.3 is 10.8 Å². The lowest BCUT2D eigenvalue weighted by molar-refractivity contribution is -0.192. The fourth-order valence-electron chi connectivity index (χ4n) is 2.52. The van der Waals surface area contributed by atoms with Gasteiger partial charge >= 0.3 is 6.18 Å². The summed E-state index contributed by atoms with van der Waals surface area (Å²) >= 11 is 0. The molecule has 0 aromatic heterocycles. The van der Waals surface area contributed by atoms with Crippen molar-refractivity contribution < 1.29 is 18.3 Å². The predicted molar refractivity (Wildman–Crippen MR) is 59.5 cm³/mol. The van der Waals surface area contributed by atoms with Gasteiger partial charge in [-0.3, -0.25) is 4.90 Å². The van der Waals surface area contributed by atoms with Crippen molar-refractivity contribution in [2.45, 2.75) is 51.1 Å². The van der Waals surface area contributed by atoms with E-state index in [-0.39, 0.29) is 5.92 Å². The molecule has 0 aromatic carbocycles. The van der Waals surface area contributed by atoms with Gasteiger partial charge in [0.2, 0.25) is 0 Å². The molecule has 1 heterocycles. The molecule has 17 heavy (non-hydrogen) atoms. The molecule has 0 amide bonds. The highest BCUT2D eigenvalue weighted by Gasteiger charge is 2.46. The number of halogens is 3. The van der Waals surface area contributed by atoms with Crippen LogP contribution < -0.4 is 5.73 Å². The van der Waals surface area contributed by atoms with Gasteiger partial charge in [0, 0.05) is 6.04 Å². The zero-order valence-corrected chi connectivity index (χ0v) is 10.2. The van der Waals surface area contributed by atoms with Gasteiger partial charge in [-0.25, -0.2) is 0 Å². The van der Waals surface area contributed by atoms with Crippen molar-refractivity contribution >= 4 is 0 Å². The number of hydrogen-bond donors (Lipinski definition) is 2. The number of piperidine rings is 1. The summed E-state index contributed by atoms with van der Waals surface area (Å²) in [5.74, 6) is 0.105. The van der Waals surface area contributed by atoms with Crippen LogP contribution in [-0.2, 0) is 0 Å². The van der Waals surface area contributed by atoms with Crippen molar-refractivity contribution in [3.8, 4) is 0 Å². The Labute approximate surface area is 99.8 Å². The highest BCUT2D eigenvalue weighted by Crippen LogP contribution is 2.30. The molecule has 6 heteroatoms. The van der Waals surface area contributed by atoms with Crippen LogP contribution in [0.15, 0.2) is 0 Å². The molecule has 0 bridgehead atoms. The van der Waals surface area contributed by atoms with Crippen molar-refractivity contribution in [3.05, 3.63) is 0 Å². The molecule has 1 saturated heterocycles. The molecule has 102 valence electrons. The third kappa shape index (κ3) is 3.82. The number of aliphatic hydroxyl groups excluding tert-OH is 1. The van der Waals surface area contributed by atoms with Gasteiger partial charge in [0.25, 0.3) is 0 Å². The molecule has 3 nitrogen and oxygen atoms in total. The Bertz CT molecular complexity index is 235. The highest BCUT2D eigenvalue weighted by molar-refractivity contribution is 4.89. The standard InChI is InChI=1S/C11H21F3N2O/c1-7(15)10(11(12,13)14)16-5-3-9(4-6-16)8(2)17/h7-10,17H,3-6,15H2,1-2H3. The Morgan fingerprint density at radius 2 is 1.71 bits per heavy atom. The second-order valence-corrected chi connectivity index (χ2v) is 4.96. The van der Waals surface area contributed by atoms with Gasteiger partial charge in [0.1, 0.15) is 6.04 Å². The number of aliphatic hydroxyl groups is 1. The van der Waals surface area contributed by atoms with Crippen LogP contribution in [0.2, 0.25) is 0 Å². The number of nitrogens with zero attached hydrogens (tertiary/aromatic N) is 1. The molecular formula is C11H21F3N2O. The Morgan fingerprint density at radius 3 is 2.00 bits per heavy atom. The number of rotatable bonds is 3. The zero-order chi connectivity index (χ0) is 13.2. The fourth-order valence-corrected chi connectivity index (χ4v) is 2.52. The van der Waals surface area contributed by atoms with E-state index < -0.39 is 24.4 Å². The number of likely N-dealkylation sites (tertiary alicyclic amines) is 1. The molecular weight excluding hydrogens is 233 g/mol. The summed E-state index contributed by atoms with van der Waals surface area (Å²) < 4.78 is 38.5. The Balaban J connectivity index is 2.62. The molecule has 3 unspecified atom stereocenters. The first-order valence-corrected chi connectivity index (χ1v) is 5.98. The van der Waals surface area contributed by atoms with E-state index in [2.05, 4.69) is 0 Å². The van der Waals surface area contributed by atoms with Gasteiger partial charge in [-0.2, -0.15) is 13.2 Å². The summed E-state index contributed by atoms with van der Waals surface area (Å²) in [6.07, 6.45) is -3.54. The van der Waals surface area contributed by atoms with Crippen molar-refractivity contribution in [2.24, 2.45) is 11.7 Å². The summed E-state index contributed by atoms with van der Waals surface area (Å²) in [5.41, 5.74) is 5.44. The van der Waals surface area contributed by atoms with E-state index in [1.807, 2.05) is 0 Å². The lowest BCUT2D eigenvalue weighted by atomic mass is 9.90. The molecule has 0 aliphatic carbocycles. The van der Waals surface area contributed by atoms with E-state index >= 15 is 0 Å². The van der Waals surface area contributed by atoms with Crippen LogP contribution in [0.1, 0.15) is 26.7 Å². The number of alkyl halides is 3. The Kier molecular flexibility index (Phi) is 4.80. The average Bonchev–Trinajstić information content (AvgIpc) is 2.15. The van der Waals surface area contributed by atoms with Crippen LogP contribution in [0.3, 0.4) is 0 Å². The van der Waals surface area contributed by atoms with Gasteiger partial charge in [-0.05, 0) is 45.7 Å². The minimum atomic E-state index is -4.29. The second-order valence-electron chi connectivity index (χ2n) is 4.96. The molecule has 3 atom stereocenters. The van der Waals surface area contributed by atoms with E-state index in [0.717, 1.165) is 0 Å². The lowest BCUT2D eigenvalue weighted by Gasteiger charge is -2.40. The molecule has 3 N–H and O–H groups in total. The normalized spacial score (nSPS) is 25.6. The minimum absolute atomic E-state index is 0.105. The summed E-state index contributed by atoms with van der Waals surface area (Å²) in [7, 11) is 0. The summed E-state index contributed by atoms with van der Waals surface area (Å²) in [5, 5.41) is 9.41. The maximum atomic E-state index is 12.8. The van der Waals surface area contributed by atoms with E-state index in [0.29, 0.717) is 25.9 Å². The highest BCUT2D eigenvalue weighted by atomic mass is 19.4. The second kappa shape index (κ2) is 5.54. The van der Waals surface area contributed by atoms with Gasteiger partial charge in [-0.1, -0.05) is 0 Å². The smallest absolute Gasteiger partial charge is 0.393 e. The molecule has 1 rings (SSSR count). The van der Waals surface area contributed by atoms with Crippen molar-refractivity contribution in [3.63, 3.8) is 0 Å². The number of nitrogens with two attached hydrogens (primary N) is 1. The largest absolute Gasteiger partial charge is 0.405 e. The third-order valence-electron chi connectivity index (χ3n) is 3.48. The molecule has 0 spiro atoms. The molecule has 1 aliphatic heterocycles. The first-order valence-electron chi connectivity index (χ1n) is 5.98. The van der Waals surface area contributed by atoms with Gasteiger partial charge in [-0.15, -0.1) is 0 Å². The van der Waals surface area contributed by atoms with Gasteiger partial charge in [0.15, 0.2) is 0 Å². The van der Waals surface area contributed by atoms with E-state index in [4.69, 9.17) is 5.73 Å². The third-order valence-corrected chi connectivity index (χ3v) is 3.48. The first-order chi connectivity index (χ1) is 7.73. The maximum Gasteiger partial charge on any atom is 0.405 e. The van der Waals surface area contributed by atoms with Crippen molar-refractivity contribution in [2.75, 3.05) is 13.1 Å².